The van der Waals surface area contributed by atoms with Crippen LogP contribution < -0.4 is 0 Å². The molecule has 0 saturated carbocycles. The van der Waals surface area contributed by atoms with Gasteiger partial charge in [0.25, 0.3) is 0 Å². The second-order valence-electron chi connectivity index (χ2n) is 7.53. The van der Waals surface area contributed by atoms with Gasteiger partial charge < -0.3 is 14.3 Å². The number of hydrogen-bond donors (Lipinski definition) is 1. The van der Waals surface area contributed by atoms with Crippen LogP contribution in [0.5, 0.6) is 0 Å². The Hall–Kier alpha value is -3.14. The number of aromatic amines is 1. The minimum Gasteiger partial charge on any atom is -0.417 e. The van der Waals surface area contributed by atoms with Gasteiger partial charge in [0.15, 0.2) is 0 Å². The van der Waals surface area contributed by atoms with Gasteiger partial charge in [-0.1, -0.05) is 30.5 Å². The standard InChI is InChI=1S/C20H23N7O2S/c1-12(2)14-5-4-9-27(25-30)16(14)6-7-17-18-15(21-11-22-18)8-10-26(17)20(28)19-24-23-13(3)29-19/h4-6,9,11-12,17H,7-8,10H2,1-3H3,(H,21,22)/b16-6-/t17-/m0/s1. The summed E-state index contributed by atoms with van der Waals surface area (Å²) in [4.78, 5) is 22.5. The molecule has 2 aromatic heterocycles. The van der Waals surface area contributed by atoms with Gasteiger partial charge in [-0.15, -0.1) is 10.2 Å². The number of amides is 1. The lowest BCUT2D eigenvalue weighted by atomic mass is 9.94. The van der Waals surface area contributed by atoms with Crippen molar-refractivity contribution in [2.75, 3.05) is 6.54 Å². The van der Waals surface area contributed by atoms with Crippen molar-refractivity contribution in [3.8, 4) is 0 Å². The van der Waals surface area contributed by atoms with Crippen molar-refractivity contribution < 1.29 is 9.21 Å². The van der Waals surface area contributed by atoms with Gasteiger partial charge in [0.1, 0.15) is 0 Å². The summed E-state index contributed by atoms with van der Waals surface area (Å²) in [5.41, 5.74) is 3.95. The number of nitrogens with one attached hydrogen (secondary N) is 1. The molecule has 10 heteroatoms. The summed E-state index contributed by atoms with van der Waals surface area (Å²) in [5, 5.41) is 9.38. The Labute approximate surface area is 179 Å². The summed E-state index contributed by atoms with van der Waals surface area (Å²) in [6.07, 6.45) is 10.8. The number of aromatic nitrogens is 4. The first-order valence-electron chi connectivity index (χ1n) is 9.84. The molecule has 156 valence electrons. The predicted octanol–water partition coefficient (Wildman–Crippen LogP) is 3.17. The fourth-order valence-electron chi connectivity index (χ4n) is 3.86. The van der Waals surface area contributed by atoms with E-state index in [1.54, 1.807) is 23.2 Å². The highest BCUT2D eigenvalue weighted by Crippen LogP contribution is 2.34. The Balaban J connectivity index is 1.67. The maximum absolute atomic E-state index is 13.1. The molecule has 0 unspecified atom stereocenters. The van der Waals surface area contributed by atoms with Gasteiger partial charge in [0.05, 0.1) is 36.2 Å². The van der Waals surface area contributed by atoms with E-state index in [-0.39, 0.29) is 17.8 Å². The zero-order valence-electron chi connectivity index (χ0n) is 17.1. The summed E-state index contributed by atoms with van der Waals surface area (Å²) in [5.74, 6) is 0.361. The van der Waals surface area contributed by atoms with Crippen LogP contribution in [0.1, 0.15) is 54.3 Å². The van der Waals surface area contributed by atoms with E-state index in [0.29, 0.717) is 31.2 Å². The van der Waals surface area contributed by atoms with E-state index in [4.69, 9.17) is 16.8 Å². The topological polar surface area (TPSA) is 104 Å². The molecule has 1 atom stereocenters. The molecule has 0 radical (unpaired) electrons. The average molecular weight is 426 g/mol. The normalized spacial score (nSPS) is 19.9. The Bertz CT molecular complexity index is 1050. The summed E-state index contributed by atoms with van der Waals surface area (Å²) in [6.45, 7) is 6.45. The smallest absolute Gasteiger partial charge is 0.311 e. The van der Waals surface area contributed by atoms with Gasteiger partial charge in [-0.2, -0.15) is 0 Å². The number of imidazole rings is 1. The highest BCUT2D eigenvalue weighted by molar-refractivity contribution is 7.47. The molecule has 1 N–H and O–H groups in total. The van der Waals surface area contributed by atoms with Crippen LogP contribution >= 0.6 is 0 Å². The minimum atomic E-state index is -0.291. The van der Waals surface area contributed by atoms with E-state index < -0.39 is 0 Å². The molecule has 0 aliphatic carbocycles. The van der Waals surface area contributed by atoms with Crippen LogP contribution in [0.4, 0.5) is 0 Å². The molecule has 0 bridgehead atoms. The van der Waals surface area contributed by atoms with E-state index in [1.807, 2.05) is 12.3 Å². The molecule has 9 nitrogen and oxygen atoms in total. The molecule has 4 rings (SSSR count). The molecule has 0 saturated heterocycles. The Morgan fingerprint density at radius 1 is 1.47 bits per heavy atom. The van der Waals surface area contributed by atoms with Crippen molar-refractivity contribution in [1.82, 2.24) is 30.1 Å². The van der Waals surface area contributed by atoms with E-state index in [1.165, 1.54) is 0 Å². The van der Waals surface area contributed by atoms with Crippen LogP contribution in [-0.4, -0.2) is 42.5 Å². The number of carbonyl (C=O) groups excluding carboxylic acids is 1. The molecule has 0 spiro atoms. The van der Waals surface area contributed by atoms with Gasteiger partial charge in [-0.05, 0) is 24.0 Å². The lowest BCUT2D eigenvalue weighted by Crippen LogP contribution is -2.40. The molecule has 30 heavy (non-hydrogen) atoms. The predicted molar refractivity (Wildman–Crippen MR) is 111 cm³/mol. The van der Waals surface area contributed by atoms with Gasteiger partial charge >= 0.3 is 11.8 Å². The molecule has 2 aliphatic rings. The molecule has 0 aromatic carbocycles. The first-order valence-corrected chi connectivity index (χ1v) is 10.2. The van der Waals surface area contributed by atoms with Crippen LogP contribution in [0.3, 0.4) is 0 Å². The Kier molecular flexibility index (Phi) is 5.58. The van der Waals surface area contributed by atoms with Crippen molar-refractivity contribution in [3.63, 3.8) is 0 Å². The first kappa shape index (κ1) is 20.1. The Morgan fingerprint density at radius 3 is 3.00 bits per heavy atom. The SMILES string of the molecule is Cc1nnc(C(=O)N2CCc3[nH]cnc3[C@@H]2C/C=C2/C(C(C)C)=CC=CN2N=S)o1. The maximum Gasteiger partial charge on any atom is 0.311 e. The van der Waals surface area contributed by atoms with Crippen molar-refractivity contribution in [1.29, 1.82) is 0 Å². The van der Waals surface area contributed by atoms with Crippen molar-refractivity contribution in [3.05, 3.63) is 65.2 Å². The number of allylic oxidation sites excluding steroid dienone is 3. The number of nitrogens with zero attached hydrogens (tertiary/aromatic N) is 6. The van der Waals surface area contributed by atoms with E-state index in [2.05, 4.69) is 50.6 Å². The van der Waals surface area contributed by atoms with Crippen LogP contribution in [0.2, 0.25) is 0 Å². The number of carbonyl (C=O) groups is 1. The van der Waals surface area contributed by atoms with E-state index >= 15 is 0 Å². The zero-order chi connectivity index (χ0) is 21.3. The van der Waals surface area contributed by atoms with E-state index in [0.717, 1.165) is 22.7 Å². The number of hydrogen-bond acceptors (Lipinski definition) is 7. The van der Waals surface area contributed by atoms with E-state index in [9.17, 15) is 4.79 Å². The van der Waals surface area contributed by atoms with Crippen molar-refractivity contribution >= 4 is 18.3 Å². The summed E-state index contributed by atoms with van der Waals surface area (Å²) < 4.78 is 9.33. The van der Waals surface area contributed by atoms with Crippen molar-refractivity contribution in [2.45, 2.75) is 39.7 Å². The number of H-pyrrole nitrogens is 1. The monoisotopic (exact) mass is 425 g/mol. The molecule has 4 heterocycles. The molecule has 2 aromatic rings. The fraction of sp³-hybridized carbons (Fsp3) is 0.400. The molecular formula is C20H23N7O2S. The quantitative estimate of drug-likeness (QED) is 0.785. The number of rotatable bonds is 5. The van der Waals surface area contributed by atoms with Crippen molar-refractivity contribution in [2.24, 2.45) is 10.4 Å². The van der Waals surface area contributed by atoms with Gasteiger partial charge in [-0.3, -0.25) is 4.79 Å². The second-order valence-corrected chi connectivity index (χ2v) is 7.69. The maximum atomic E-state index is 13.1. The fourth-order valence-corrected chi connectivity index (χ4v) is 4.01. The van der Waals surface area contributed by atoms with Gasteiger partial charge in [0.2, 0.25) is 5.89 Å². The third-order valence-corrected chi connectivity index (χ3v) is 5.48. The van der Waals surface area contributed by atoms with Crippen LogP contribution in [0.15, 0.2) is 50.9 Å². The second kappa shape index (κ2) is 8.31. The summed E-state index contributed by atoms with van der Waals surface area (Å²) in [7, 11) is 0. The zero-order valence-corrected chi connectivity index (χ0v) is 17.9. The molecule has 0 fully saturated rings. The Morgan fingerprint density at radius 2 is 2.30 bits per heavy atom. The highest BCUT2D eigenvalue weighted by Gasteiger charge is 2.35. The van der Waals surface area contributed by atoms with Gasteiger partial charge in [0, 0.05) is 31.8 Å². The van der Waals surface area contributed by atoms with Gasteiger partial charge in [-0.25, -0.2) is 9.99 Å². The number of aryl methyl sites for hydroxylation is 1. The summed E-state index contributed by atoms with van der Waals surface area (Å²) in [6, 6.07) is -0.265. The average Bonchev–Trinajstić information content (AvgIpc) is 3.40. The van der Waals surface area contributed by atoms with Crippen LogP contribution in [-0.2, 0) is 18.8 Å². The summed E-state index contributed by atoms with van der Waals surface area (Å²) >= 11 is 4.96. The molecule has 2 aliphatic heterocycles. The minimum absolute atomic E-state index is 0.00492. The number of fused-ring (bicyclic) bond motifs is 1. The third kappa shape index (κ3) is 3.70. The third-order valence-electron chi connectivity index (χ3n) is 5.31. The largest absolute Gasteiger partial charge is 0.417 e. The first-order chi connectivity index (χ1) is 14.5. The lowest BCUT2D eigenvalue weighted by molar-refractivity contribution is 0.0614. The molecular weight excluding hydrogens is 402 g/mol. The van der Waals surface area contributed by atoms with Crippen LogP contribution in [0.25, 0.3) is 0 Å². The highest BCUT2D eigenvalue weighted by atomic mass is 32.1. The lowest BCUT2D eigenvalue weighted by Gasteiger charge is -2.34. The molecule has 1 amide bonds. The van der Waals surface area contributed by atoms with Crippen LogP contribution in [0, 0.1) is 12.8 Å².